The topological polar surface area (TPSA) is 81.4 Å². The van der Waals surface area contributed by atoms with Crippen molar-refractivity contribution in [2.75, 3.05) is 18.2 Å². The van der Waals surface area contributed by atoms with Crippen molar-refractivity contribution in [3.8, 4) is 0 Å². The lowest BCUT2D eigenvalue weighted by Crippen LogP contribution is -2.14. The van der Waals surface area contributed by atoms with E-state index < -0.39 is 5.97 Å². The molecule has 0 radical (unpaired) electrons. The fourth-order valence-corrected chi connectivity index (χ4v) is 3.66. The lowest BCUT2D eigenvalue weighted by molar-refractivity contribution is 0.0595. The van der Waals surface area contributed by atoms with E-state index in [0.717, 1.165) is 16.9 Å². The van der Waals surface area contributed by atoms with Crippen LogP contribution in [0.15, 0.2) is 50.8 Å². The summed E-state index contributed by atoms with van der Waals surface area (Å²) in [7, 11) is 1.32. The number of rotatable bonds is 6. The molecular formula is C21H22N2O4S. The van der Waals surface area contributed by atoms with Gasteiger partial charge in [-0.25, -0.2) is 9.78 Å². The van der Waals surface area contributed by atoms with E-state index in [0.29, 0.717) is 21.7 Å². The van der Waals surface area contributed by atoms with Crippen LogP contribution in [0.5, 0.6) is 0 Å². The van der Waals surface area contributed by atoms with E-state index in [-0.39, 0.29) is 17.2 Å². The van der Waals surface area contributed by atoms with Gasteiger partial charge in [-0.05, 0) is 43.4 Å². The molecule has 0 amide bonds. The van der Waals surface area contributed by atoms with E-state index >= 15 is 0 Å². The smallest absolute Gasteiger partial charge is 0.358 e. The normalized spacial score (nSPS) is 12.0. The number of ether oxygens (including phenoxy) is 1. The average Bonchev–Trinajstić information content (AvgIpc) is 2.68. The Kier molecular flexibility index (Phi) is 6.04. The van der Waals surface area contributed by atoms with Crippen LogP contribution in [-0.4, -0.2) is 23.8 Å². The summed E-state index contributed by atoms with van der Waals surface area (Å²) in [5.41, 5.74) is 3.04. The molecule has 2 heterocycles. The third-order valence-corrected chi connectivity index (χ3v) is 5.07. The van der Waals surface area contributed by atoms with Gasteiger partial charge in [0.05, 0.1) is 24.2 Å². The highest BCUT2D eigenvalue weighted by molar-refractivity contribution is 7.99. The highest BCUT2D eigenvalue weighted by Crippen LogP contribution is 2.30. The largest absolute Gasteiger partial charge is 0.464 e. The predicted octanol–water partition coefficient (Wildman–Crippen LogP) is 4.57. The fraction of sp³-hybridized carbons (Fsp3) is 0.286. The monoisotopic (exact) mass is 398 g/mol. The second kappa shape index (κ2) is 8.48. The molecule has 28 heavy (non-hydrogen) atoms. The van der Waals surface area contributed by atoms with Gasteiger partial charge in [0.1, 0.15) is 5.58 Å². The van der Waals surface area contributed by atoms with E-state index in [4.69, 9.17) is 9.15 Å². The van der Waals surface area contributed by atoms with Gasteiger partial charge < -0.3 is 14.5 Å². The number of carbonyl (C=O) groups is 1. The van der Waals surface area contributed by atoms with Gasteiger partial charge >= 0.3 is 5.97 Å². The predicted molar refractivity (Wildman–Crippen MR) is 111 cm³/mol. The molecule has 0 bridgehead atoms. The summed E-state index contributed by atoms with van der Waals surface area (Å²) in [6, 6.07) is 8.63. The third-order valence-electron chi connectivity index (χ3n) is 4.29. The third kappa shape index (κ3) is 4.04. The van der Waals surface area contributed by atoms with E-state index in [1.165, 1.54) is 31.1 Å². The van der Waals surface area contributed by atoms with E-state index in [9.17, 15) is 9.59 Å². The minimum atomic E-state index is -0.516. The van der Waals surface area contributed by atoms with Crippen molar-refractivity contribution in [2.24, 2.45) is 0 Å². The van der Waals surface area contributed by atoms with Gasteiger partial charge in [-0.1, -0.05) is 24.8 Å². The molecule has 6 nitrogen and oxygen atoms in total. The van der Waals surface area contributed by atoms with Gasteiger partial charge in [0.2, 0.25) is 0 Å². The van der Waals surface area contributed by atoms with E-state index in [1.807, 2.05) is 32.9 Å². The molecule has 3 aromatic rings. The fourth-order valence-electron chi connectivity index (χ4n) is 3.04. The molecule has 146 valence electrons. The lowest BCUT2D eigenvalue weighted by Gasteiger charge is -2.19. The second-order valence-electron chi connectivity index (χ2n) is 6.35. The number of benzene rings is 1. The zero-order chi connectivity index (χ0) is 20.3. The Labute approximate surface area is 167 Å². The Hall–Kier alpha value is -2.80. The highest BCUT2D eigenvalue weighted by Gasteiger charge is 2.19. The number of nitrogens with one attached hydrogen (secondary N) is 1. The van der Waals surface area contributed by atoms with Crippen molar-refractivity contribution in [1.29, 1.82) is 0 Å². The molecule has 0 fully saturated rings. The summed E-state index contributed by atoms with van der Waals surface area (Å²) in [6.07, 6.45) is 1.54. The Morgan fingerprint density at radius 1 is 1.36 bits per heavy atom. The quantitative estimate of drug-likeness (QED) is 0.481. The first kappa shape index (κ1) is 19.9. The van der Waals surface area contributed by atoms with Crippen LogP contribution in [0.2, 0.25) is 0 Å². The molecule has 1 aromatic carbocycles. The summed E-state index contributed by atoms with van der Waals surface area (Å²) >= 11 is 1.48. The second-order valence-corrected chi connectivity index (χ2v) is 7.62. The van der Waals surface area contributed by atoms with Crippen molar-refractivity contribution < 1.29 is 13.9 Å². The average molecular weight is 398 g/mol. The minimum Gasteiger partial charge on any atom is -0.464 e. The molecule has 0 unspecified atom stereocenters. The summed E-state index contributed by atoms with van der Waals surface area (Å²) in [4.78, 5) is 28.7. The first-order chi connectivity index (χ1) is 13.4. The van der Waals surface area contributed by atoms with Crippen molar-refractivity contribution in [3.63, 3.8) is 0 Å². The van der Waals surface area contributed by atoms with Crippen LogP contribution in [0.3, 0.4) is 0 Å². The Morgan fingerprint density at radius 2 is 2.14 bits per heavy atom. The van der Waals surface area contributed by atoms with E-state index in [1.54, 1.807) is 12.1 Å². The van der Waals surface area contributed by atoms with Crippen LogP contribution < -0.4 is 10.7 Å². The molecule has 0 spiro atoms. The zero-order valence-electron chi connectivity index (χ0n) is 16.2. The molecular weight excluding hydrogens is 376 g/mol. The Balaban J connectivity index is 2.08. The van der Waals surface area contributed by atoms with Gasteiger partial charge in [-0.15, -0.1) is 0 Å². The first-order valence-corrected chi connectivity index (χ1v) is 9.94. The zero-order valence-corrected chi connectivity index (χ0v) is 17.1. The summed E-state index contributed by atoms with van der Waals surface area (Å²) in [6.45, 7) is 5.89. The Bertz CT molecular complexity index is 1080. The van der Waals surface area contributed by atoms with Crippen LogP contribution in [0, 0.1) is 6.92 Å². The number of aryl methyl sites for hydroxylation is 1. The number of hydrogen-bond donors (Lipinski definition) is 1. The minimum absolute atomic E-state index is 0.0639. The van der Waals surface area contributed by atoms with Crippen LogP contribution in [0.1, 0.15) is 41.5 Å². The van der Waals surface area contributed by atoms with Gasteiger partial charge in [0.25, 0.3) is 0 Å². The molecule has 0 saturated carbocycles. The maximum atomic E-state index is 12.6. The number of methoxy groups -OCH3 is 1. The standard InChI is InChI=1S/C21H22N2O4S/c1-5-28-18-11-17(24)15-10-12(2)9-14(20(15)27-18)13(3)23-16-7-6-8-22-19(16)21(25)26-4/h6-11,13,23H,5H2,1-4H3/t13-/m1/s1. The van der Waals surface area contributed by atoms with Crippen LogP contribution in [0.4, 0.5) is 5.69 Å². The number of fused-ring (bicyclic) bond motifs is 1. The molecule has 7 heteroatoms. The van der Waals surface area contributed by atoms with Crippen LogP contribution in [0.25, 0.3) is 11.0 Å². The van der Waals surface area contributed by atoms with Crippen molar-refractivity contribution >= 4 is 34.4 Å². The van der Waals surface area contributed by atoms with Crippen molar-refractivity contribution in [2.45, 2.75) is 31.9 Å². The number of thioether (sulfide) groups is 1. The molecule has 0 aliphatic carbocycles. The molecule has 0 aliphatic heterocycles. The molecule has 0 saturated heterocycles. The van der Waals surface area contributed by atoms with Gasteiger partial charge in [0, 0.05) is 17.8 Å². The molecule has 1 atom stereocenters. The highest BCUT2D eigenvalue weighted by atomic mass is 32.2. The van der Waals surface area contributed by atoms with Gasteiger partial charge in [0.15, 0.2) is 16.2 Å². The number of carbonyl (C=O) groups excluding carboxylic acids is 1. The maximum Gasteiger partial charge on any atom is 0.358 e. The lowest BCUT2D eigenvalue weighted by atomic mass is 10.0. The van der Waals surface area contributed by atoms with Gasteiger partial charge in [-0.2, -0.15) is 0 Å². The summed E-state index contributed by atoms with van der Waals surface area (Å²) < 4.78 is 10.9. The van der Waals surface area contributed by atoms with Crippen molar-refractivity contribution in [1.82, 2.24) is 4.98 Å². The number of hydrogen-bond acceptors (Lipinski definition) is 7. The van der Waals surface area contributed by atoms with Crippen LogP contribution in [-0.2, 0) is 4.74 Å². The molecule has 1 N–H and O–H groups in total. The van der Waals surface area contributed by atoms with Gasteiger partial charge in [-0.3, -0.25) is 4.79 Å². The summed E-state index contributed by atoms with van der Waals surface area (Å²) in [5, 5.41) is 4.44. The number of esters is 1. The first-order valence-electron chi connectivity index (χ1n) is 8.95. The van der Waals surface area contributed by atoms with Crippen LogP contribution >= 0.6 is 11.8 Å². The van der Waals surface area contributed by atoms with Crippen molar-refractivity contribution in [3.05, 3.63) is 63.6 Å². The number of anilines is 1. The van der Waals surface area contributed by atoms with E-state index in [2.05, 4.69) is 10.3 Å². The maximum absolute atomic E-state index is 12.6. The SMILES string of the molecule is CCSc1cc(=O)c2cc(C)cc([C@@H](C)Nc3cccnc3C(=O)OC)c2o1. The number of aromatic nitrogens is 1. The Morgan fingerprint density at radius 3 is 2.86 bits per heavy atom. The molecule has 3 rings (SSSR count). The summed E-state index contributed by atoms with van der Waals surface area (Å²) in [5.74, 6) is 0.291. The number of pyridine rings is 1. The molecule has 2 aromatic heterocycles. The molecule has 0 aliphatic rings. The number of nitrogens with zero attached hydrogens (tertiary/aromatic N) is 1.